The molecule has 1 amide bonds. The minimum Gasteiger partial charge on any atom is -0.344 e. The first kappa shape index (κ1) is 22.6. The molecule has 0 radical (unpaired) electrons. The van der Waals surface area contributed by atoms with Crippen molar-refractivity contribution in [1.82, 2.24) is 9.62 Å². The molecule has 1 saturated heterocycles. The van der Waals surface area contributed by atoms with E-state index in [4.69, 9.17) is 0 Å². The van der Waals surface area contributed by atoms with Gasteiger partial charge in [-0.3, -0.25) is 4.79 Å². The van der Waals surface area contributed by atoms with Crippen LogP contribution >= 0.6 is 11.8 Å². The van der Waals surface area contributed by atoms with E-state index in [0.717, 1.165) is 28.9 Å². The Morgan fingerprint density at radius 3 is 1.91 bits per heavy atom. The average Bonchev–Trinajstić information content (AvgIpc) is 3.39. The first-order valence-corrected chi connectivity index (χ1v) is 13.1. The van der Waals surface area contributed by atoms with Crippen molar-refractivity contribution >= 4 is 27.7 Å². The zero-order valence-corrected chi connectivity index (χ0v) is 19.3. The van der Waals surface area contributed by atoms with E-state index in [1.54, 1.807) is 24.3 Å². The number of carbonyl (C=O) groups is 1. The molecule has 1 heterocycles. The van der Waals surface area contributed by atoms with E-state index in [9.17, 15) is 13.2 Å². The molecule has 1 aliphatic heterocycles. The van der Waals surface area contributed by atoms with Crippen molar-refractivity contribution in [1.29, 1.82) is 0 Å². The van der Waals surface area contributed by atoms with Crippen molar-refractivity contribution in [2.45, 2.75) is 28.7 Å². The lowest BCUT2D eigenvalue weighted by Gasteiger charge is -2.20. The molecule has 3 aromatic carbocycles. The van der Waals surface area contributed by atoms with Crippen molar-refractivity contribution in [3.8, 4) is 0 Å². The molecule has 0 spiro atoms. The molecule has 0 atom stereocenters. The second-order valence-electron chi connectivity index (χ2n) is 7.69. The van der Waals surface area contributed by atoms with E-state index in [0.29, 0.717) is 18.0 Å². The Kier molecular flexibility index (Phi) is 7.29. The highest BCUT2D eigenvalue weighted by atomic mass is 32.2. The topological polar surface area (TPSA) is 66.5 Å². The fourth-order valence-electron chi connectivity index (χ4n) is 3.79. The SMILES string of the molecule is O=C(CSc1ccc(S(=O)(=O)N2CCCC2)cc1)NC(c1ccccc1)c1ccccc1. The van der Waals surface area contributed by atoms with Crippen molar-refractivity contribution in [3.05, 3.63) is 96.1 Å². The molecule has 4 rings (SSSR count). The van der Waals surface area contributed by atoms with Gasteiger partial charge in [0.1, 0.15) is 0 Å². The maximum Gasteiger partial charge on any atom is 0.243 e. The number of amides is 1. The van der Waals surface area contributed by atoms with Gasteiger partial charge in [-0.05, 0) is 48.2 Å². The quantitative estimate of drug-likeness (QED) is 0.498. The van der Waals surface area contributed by atoms with Crippen molar-refractivity contribution in [2.24, 2.45) is 0 Å². The van der Waals surface area contributed by atoms with Crippen molar-refractivity contribution in [2.75, 3.05) is 18.8 Å². The van der Waals surface area contributed by atoms with Crippen LogP contribution in [0.4, 0.5) is 0 Å². The number of sulfonamides is 1. The van der Waals surface area contributed by atoms with Crippen LogP contribution in [0.5, 0.6) is 0 Å². The number of hydrogen-bond acceptors (Lipinski definition) is 4. The van der Waals surface area contributed by atoms with Crippen LogP contribution in [0.1, 0.15) is 30.0 Å². The van der Waals surface area contributed by atoms with Gasteiger partial charge in [0.25, 0.3) is 0 Å². The Labute approximate surface area is 193 Å². The van der Waals surface area contributed by atoms with Crippen molar-refractivity contribution < 1.29 is 13.2 Å². The van der Waals surface area contributed by atoms with E-state index in [1.807, 2.05) is 60.7 Å². The molecule has 3 aromatic rings. The van der Waals surface area contributed by atoms with E-state index >= 15 is 0 Å². The van der Waals surface area contributed by atoms with E-state index < -0.39 is 10.0 Å². The minimum atomic E-state index is -3.42. The lowest BCUT2D eigenvalue weighted by molar-refractivity contribution is -0.119. The van der Waals surface area contributed by atoms with Crippen LogP contribution in [0.25, 0.3) is 0 Å². The van der Waals surface area contributed by atoms with E-state index in [2.05, 4.69) is 5.32 Å². The van der Waals surface area contributed by atoms with E-state index in [-0.39, 0.29) is 17.7 Å². The largest absolute Gasteiger partial charge is 0.344 e. The van der Waals surface area contributed by atoms with Gasteiger partial charge in [0, 0.05) is 18.0 Å². The summed E-state index contributed by atoms with van der Waals surface area (Å²) in [5.74, 6) is 0.162. The first-order valence-electron chi connectivity index (χ1n) is 10.7. The highest BCUT2D eigenvalue weighted by molar-refractivity contribution is 8.00. The summed E-state index contributed by atoms with van der Waals surface area (Å²) in [6.45, 7) is 1.17. The van der Waals surface area contributed by atoms with Crippen LogP contribution in [0, 0.1) is 0 Å². The molecule has 0 unspecified atom stereocenters. The van der Waals surface area contributed by atoms with Gasteiger partial charge in [-0.25, -0.2) is 8.42 Å². The third-order valence-electron chi connectivity index (χ3n) is 5.47. The zero-order chi connectivity index (χ0) is 22.4. The van der Waals surface area contributed by atoms with Gasteiger partial charge in [0.05, 0.1) is 16.7 Å². The Bertz CT molecular complexity index is 1090. The van der Waals surface area contributed by atoms with E-state index in [1.165, 1.54) is 16.1 Å². The predicted octanol–water partition coefficient (Wildman–Crippen LogP) is 4.47. The number of thioether (sulfide) groups is 1. The normalized spacial score (nSPS) is 14.5. The molecule has 5 nitrogen and oxygen atoms in total. The minimum absolute atomic E-state index is 0.0820. The molecule has 1 fully saturated rings. The van der Waals surface area contributed by atoms with Crippen LogP contribution in [0.3, 0.4) is 0 Å². The lowest BCUT2D eigenvalue weighted by Crippen LogP contribution is -2.30. The summed E-state index contributed by atoms with van der Waals surface area (Å²) in [5, 5.41) is 3.13. The van der Waals surface area contributed by atoms with Crippen LogP contribution in [-0.2, 0) is 14.8 Å². The molecule has 32 heavy (non-hydrogen) atoms. The van der Waals surface area contributed by atoms with Gasteiger partial charge < -0.3 is 5.32 Å². The molecule has 1 aliphatic rings. The summed E-state index contributed by atoms with van der Waals surface area (Å²) in [7, 11) is -3.42. The number of rotatable bonds is 8. The van der Waals surface area contributed by atoms with Crippen LogP contribution in [-0.4, -0.2) is 37.5 Å². The third-order valence-corrected chi connectivity index (χ3v) is 8.39. The molecule has 166 valence electrons. The second-order valence-corrected chi connectivity index (χ2v) is 10.7. The molecule has 0 aromatic heterocycles. The maximum atomic E-state index is 12.7. The summed E-state index contributed by atoms with van der Waals surface area (Å²) in [4.78, 5) is 13.9. The summed E-state index contributed by atoms with van der Waals surface area (Å²) in [6, 6.07) is 26.4. The monoisotopic (exact) mass is 466 g/mol. The summed E-state index contributed by atoms with van der Waals surface area (Å²) in [5.41, 5.74) is 2.04. The zero-order valence-electron chi connectivity index (χ0n) is 17.7. The van der Waals surface area contributed by atoms with Gasteiger partial charge >= 0.3 is 0 Å². The number of benzene rings is 3. The Hall–Kier alpha value is -2.61. The van der Waals surface area contributed by atoms with Crippen LogP contribution < -0.4 is 5.32 Å². The van der Waals surface area contributed by atoms with Crippen molar-refractivity contribution in [3.63, 3.8) is 0 Å². The molecule has 0 saturated carbocycles. The molecule has 0 bridgehead atoms. The molecular formula is C25H26N2O3S2. The number of hydrogen-bond donors (Lipinski definition) is 1. The fourth-order valence-corrected chi connectivity index (χ4v) is 6.01. The molecule has 0 aliphatic carbocycles. The number of carbonyl (C=O) groups excluding carboxylic acids is 1. The van der Waals surface area contributed by atoms with Gasteiger partial charge in [0.2, 0.25) is 15.9 Å². The van der Waals surface area contributed by atoms with Gasteiger partial charge in [-0.15, -0.1) is 11.8 Å². The Morgan fingerprint density at radius 1 is 0.844 bits per heavy atom. The summed E-state index contributed by atoms with van der Waals surface area (Å²) >= 11 is 1.39. The molecule has 7 heteroatoms. The average molecular weight is 467 g/mol. The lowest BCUT2D eigenvalue weighted by atomic mass is 9.99. The Balaban J connectivity index is 1.39. The molecular weight excluding hydrogens is 440 g/mol. The first-order chi connectivity index (χ1) is 15.5. The number of nitrogens with one attached hydrogen (secondary N) is 1. The smallest absolute Gasteiger partial charge is 0.243 e. The highest BCUT2D eigenvalue weighted by Gasteiger charge is 2.27. The van der Waals surface area contributed by atoms with Gasteiger partial charge in [-0.2, -0.15) is 4.31 Å². The van der Waals surface area contributed by atoms with Gasteiger partial charge in [-0.1, -0.05) is 60.7 Å². The van der Waals surface area contributed by atoms with Gasteiger partial charge in [0.15, 0.2) is 0 Å². The third kappa shape index (κ3) is 5.41. The predicted molar refractivity (Wildman–Crippen MR) is 128 cm³/mol. The standard InChI is InChI=1S/C25H26N2O3S2/c28-24(26-25(20-9-3-1-4-10-20)21-11-5-2-6-12-21)19-31-22-13-15-23(16-14-22)32(29,30)27-17-7-8-18-27/h1-6,9-16,25H,7-8,17-19H2,(H,26,28). The number of nitrogens with zero attached hydrogens (tertiary/aromatic N) is 1. The maximum absolute atomic E-state index is 12.7. The fraction of sp³-hybridized carbons (Fsp3) is 0.240. The summed E-state index contributed by atoms with van der Waals surface area (Å²) < 4.78 is 26.9. The summed E-state index contributed by atoms with van der Waals surface area (Å²) in [6.07, 6.45) is 1.82. The molecule has 1 N–H and O–H groups in total. The second kappa shape index (κ2) is 10.3. The Morgan fingerprint density at radius 2 is 1.38 bits per heavy atom. The van der Waals surface area contributed by atoms with Crippen LogP contribution in [0.2, 0.25) is 0 Å². The highest BCUT2D eigenvalue weighted by Crippen LogP contribution is 2.25. The van der Waals surface area contributed by atoms with Crippen LogP contribution in [0.15, 0.2) is 94.7 Å².